The molecule has 0 aliphatic heterocycles. The second-order valence-corrected chi connectivity index (χ2v) is 3.79. The SMILES string of the molecule is FCC(F)(F)C(F)(F)C(F)(F)C(F)(F)C(F)C(F)C(F)F. The van der Waals surface area contributed by atoms with Gasteiger partial charge in [-0.15, -0.1) is 0 Å². The van der Waals surface area contributed by atoms with Gasteiger partial charge in [-0.2, -0.15) is 35.1 Å². The molecule has 0 radical (unpaired) electrons. The van der Waals surface area contributed by atoms with Gasteiger partial charge in [0.1, 0.15) is 0 Å². The summed E-state index contributed by atoms with van der Waals surface area (Å²) < 4.78 is 160. The van der Waals surface area contributed by atoms with Gasteiger partial charge in [-0.25, -0.2) is 22.0 Å². The molecule has 0 aromatic heterocycles. The van der Waals surface area contributed by atoms with E-state index in [-0.39, 0.29) is 0 Å². The Kier molecular flexibility index (Phi) is 5.46. The number of rotatable bonds is 7. The van der Waals surface area contributed by atoms with Crippen molar-refractivity contribution < 1.29 is 57.1 Å². The average molecular weight is 348 g/mol. The summed E-state index contributed by atoms with van der Waals surface area (Å²) in [4.78, 5) is 0. The lowest BCUT2D eigenvalue weighted by Gasteiger charge is -2.37. The molecular formula is C8H5F13. The fraction of sp³-hybridized carbons (Fsp3) is 1.00. The molecule has 128 valence electrons. The largest absolute Gasteiger partial charge is 0.381 e. The number of alkyl halides is 13. The maximum absolute atomic E-state index is 12.7. The van der Waals surface area contributed by atoms with Crippen LogP contribution in [0.4, 0.5) is 57.1 Å². The number of hydrogen-bond acceptors (Lipinski definition) is 0. The minimum absolute atomic E-state index is 3.53. The van der Waals surface area contributed by atoms with E-state index in [9.17, 15) is 57.1 Å². The van der Waals surface area contributed by atoms with Crippen LogP contribution in [0.5, 0.6) is 0 Å². The first-order chi connectivity index (χ1) is 9.08. The molecule has 0 bridgehead atoms. The summed E-state index contributed by atoms with van der Waals surface area (Å²) in [6, 6.07) is 0. The Morgan fingerprint density at radius 2 is 1.05 bits per heavy atom. The summed E-state index contributed by atoms with van der Waals surface area (Å²) in [6.45, 7) is -3.53. The Morgan fingerprint density at radius 1 is 0.667 bits per heavy atom. The molecule has 0 aromatic rings. The van der Waals surface area contributed by atoms with Crippen LogP contribution >= 0.6 is 0 Å². The molecule has 21 heavy (non-hydrogen) atoms. The van der Waals surface area contributed by atoms with Crippen molar-refractivity contribution in [3.05, 3.63) is 0 Å². The third-order valence-corrected chi connectivity index (χ3v) is 2.31. The van der Waals surface area contributed by atoms with Crippen molar-refractivity contribution in [2.45, 2.75) is 42.5 Å². The van der Waals surface area contributed by atoms with Crippen molar-refractivity contribution in [2.24, 2.45) is 0 Å². The van der Waals surface area contributed by atoms with Gasteiger partial charge in [-0.05, 0) is 0 Å². The highest BCUT2D eigenvalue weighted by atomic mass is 19.4. The van der Waals surface area contributed by atoms with Crippen LogP contribution in [-0.4, -0.2) is 49.1 Å². The lowest BCUT2D eigenvalue weighted by atomic mass is 9.94. The van der Waals surface area contributed by atoms with Crippen LogP contribution in [0.25, 0.3) is 0 Å². The molecule has 0 amide bonds. The van der Waals surface area contributed by atoms with Gasteiger partial charge in [0.05, 0.1) is 0 Å². The Bertz CT molecular complexity index is 348. The standard InChI is InChI=1S/C8H5F13/c9-1-5(14,15)7(18,19)8(20,21)6(16,17)3(11)2(10)4(12)13/h2-4H,1H2. The molecule has 2 unspecified atom stereocenters. The van der Waals surface area contributed by atoms with Crippen LogP contribution in [0.15, 0.2) is 0 Å². The fourth-order valence-electron chi connectivity index (χ4n) is 1.02. The summed E-state index contributed by atoms with van der Waals surface area (Å²) in [5.74, 6) is -27.8. The van der Waals surface area contributed by atoms with Gasteiger partial charge in [-0.1, -0.05) is 0 Å². The monoisotopic (exact) mass is 348 g/mol. The maximum atomic E-state index is 12.7. The van der Waals surface area contributed by atoms with Crippen LogP contribution in [0.1, 0.15) is 0 Å². The molecule has 0 heterocycles. The predicted octanol–water partition coefficient (Wildman–Crippen LogP) is 4.44. The van der Waals surface area contributed by atoms with Crippen molar-refractivity contribution in [1.29, 1.82) is 0 Å². The fourth-order valence-corrected chi connectivity index (χ4v) is 1.02. The van der Waals surface area contributed by atoms with Gasteiger partial charge in [0.25, 0.3) is 6.43 Å². The van der Waals surface area contributed by atoms with Crippen LogP contribution in [-0.2, 0) is 0 Å². The van der Waals surface area contributed by atoms with E-state index in [1.807, 2.05) is 0 Å². The van der Waals surface area contributed by atoms with Gasteiger partial charge in [-0.3, -0.25) is 0 Å². The first-order valence-corrected chi connectivity index (χ1v) is 4.71. The van der Waals surface area contributed by atoms with E-state index >= 15 is 0 Å². The van der Waals surface area contributed by atoms with Crippen molar-refractivity contribution in [1.82, 2.24) is 0 Å². The number of hydrogen-bond donors (Lipinski definition) is 0. The quantitative estimate of drug-likeness (QED) is 0.597. The highest BCUT2D eigenvalue weighted by Gasteiger charge is 2.83. The Hall–Kier alpha value is -0.910. The zero-order valence-electron chi connectivity index (χ0n) is 9.35. The molecule has 2 atom stereocenters. The normalized spacial score (nSPS) is 18.0. The molecule has 0 saturated carbocycles. The smallest absolute Gasteiger partial charge is 0.244 e. The van der Waals surface area contributed by atoms with Crippen molar-refractivity contribution in [3.8, 4) is 0 Å². The maximum Gasteiger partial charge on any atom is 0.381 e. The average Bonchev–Trinajstić information content (AvgIpc) is 2.35. The summed E-state index contributed by atoms with van der Waals surface area (Å²) in [5, 5.41) is 0. The highest BCUT2D eigenvalue weighted by Crippen LogP contribution is 2.54. The minimum Gasteiger partial charge on any atom is -0.244 e. The molecule has 0 aliphatic rings. The van der Waals surface area contributed by atoms with E-state index in [4.69, 9.17) is 0 Å². The van der Waals surface area contributed by atoms with E-state index in [1.165, 1.54) is 0 Å². The van der Waals surface area contributed by atoms with E-state index in [1.54, 1.807) is 0 Å². The third kappa shape index (κ3) is 3.00. The Morgan fingerprint density at radius 3 is 1.33 bits per heavy atom. The van der Waals surface area contributed by atoms with Crippen molar-refractivity contribution >= 4 is 0 Å². The van der Waals surface area contributed by atoms with Crippen molar-refractivity contribution in [2.75, 3.05) is 6.67 Å². The van der Waals surface area contributed by atoms with Crippen LogP contribution in [0, 0.1) is 0 Å². The summed E-state index contributed by atoms with van der Waals surface area (Å²) in [5.41, 5.74) is 0. The molecule has 0 N–H and O–H groups in total. The van der Waals surface area contributed by atoms with E-state index in [0.717, 1.165) is 0 Å². The lowest BCUT2D eigenvalue weighted by Crippen LogP contribution is -2.66. The molecule has 0 nitrogen and oxygen atoms in total. The van der Waals surface area contributed by atoms with Crippen LogP contribution in [0.3, 0.4) is 0 Å². The second kappa shape index (κ2) is 5.71. The zero-order valence-corrected chi connectivity index (χ0v) is 9.35. The predicted molar refractivity (Wildman–Crippen MR) is 41.6 cm³/mol. The third-order valence-electron chi connectivity index (χ3n) is 2.31. The molecule has 0 aromatic carbocycles. The van der Waals surface area contributed by atoms with Crippen LogP contribution < -0.4 is 0 Å². The molecule has 0 saturated heterocycles. The van der Waals surface area contributed by atoms with E-state index < -0.39 is 49.1 Å². The van der Waals surface area contributed by atoms with Gasteiger partial charge in [0, 0.05) is 0 Å². The Balaban J connectivity index is 5.77. The van der Waals surface area contributed by atoms with Gasteiger partial charge >= 0.3 is 23.7 Å². The van der Waals surface area contributed by atoms with Gasteiger partial charge in [0.2, 0.25) is 6.17 Å². The van der Waals surface area contributed by atoms with Gasteiger partial charge in [0.15, 0.2) is 12.8 Å². The molecule has 0 aliphatic carbocycles. The molecule has 13 heteroatoms. The zero-order chi connectivity index (χ0) is 17.4. The number of halogens is 13. The minimum atomic E-state index is -7.34. The van der Waals surface area contributed by atoms with E-state index in [2.05, 4.69) is 0 Å². The molecule has 0 fully saturated rings. The first kappa shape index (κ1) is 20.1. The molecular weight excluding hydrogens is 343 g/mol. The highest BCUT2D eigenvalue weighted by molar-refractivity contribution is 5.07. The van der Waals surface area contributed by atoms with Crippen LogP contribution in [0.2, 0.25) is 0 Å². The summed E-state index contributed by atoms with van der Waals surface area (Å²) >= 11 is 0. The second-order valence-electron chi connectivity index (χ2n) is 3.79. The van der Waals surface area contributed by atoms with E-state index in [0.29, 0.717) is 0 Å². The summed E-state index contributed by atoms with van der Waals surface area (Å²) in [7, 11) is 0. The Labute approximate surface area is 107 Å². The first-order valence-electron chi connectivity index (χ1n) is 4.71. The molecule has 0 rings (SSSR count). The topological polar surface area (TPSA) is 0 Å². The molecule has 0 spiro atoms. The lowest BCUT2D eigenvalue weighted by molar-refractivity contribution is -0.380. The summed E-state index contributed by atoms with van der Waals surface area (Å²) in [6.07, 6.45) is -14.5. The van der Waals surface area contributed by atoms with Crippen molar-refractivity contribution in [3.63, 3.8) is 0 Å². The van der Waals surface area contributed by atoms with Gasteiger partial charge < -0.3 is 0 Å².